The van der Waals surface area contributed by atoms with Gasteiger partial charge in [0.15, 0.2) is 5.96 Å². The van der Waals surface area contributed by atoms with Crippen LogP contribution in [0.1, 0.15) is 16.7 Å². The summed E-state index contributed by atoms with van der Waals surface area (Å²) >= 11 is 0. The van der Waals surface area contributed by atoms with Crippen molar-refractivity contribution < 1.29 is 4.74 Å². The number of nitrogens with one attached hydrogen (secondary N) is 2. The molecule has 158 valence electrons. The predicted octanol–water partition coefficient (Wildman–Crippen LogP) is 3.98. The molecule has 0 fully saturated rings. The highest BCUT2D eigenvalue weighted by Crippen LogP contribution is 2.17. The molecule has 0 saturated carbocycles. The van der Waals surface area contributed by atoms with Crippen molar-refractivity contribution in [3.63, 3.8) is 0 Å². The van der Waals surface area contributed by atoms with E-state index < -0.39 is 0 Å². The van der Waals surface area contributed by atoms with Gasteiger partial charge in [0.2, 0.25) is 0 Å². The molecule has 0 bridgehead atoms. The topological polar surface area (TPSA) is 63.5 Å². The van der Waals surface area contributed by atoms with Gasteiger partial charge in [0, 0.05) is 44.6 Å². The molecule has 0 atom stereocenters. The smallest absolute Gasteiger partial charge is 0.191 e. The molecule has 0 aliphatic rings. The number of aromatic nitrogens is 2. The number of nitrogens with zero attached hydrogens (tertiary/aromatic N) is 3. The summed E-state index contributed by atoms with van der Waals surface area (Å²) in [6.45, 7) is 6.32. The van der Waals surface area contributed by atoms with E-state index in [4.69, 9.17) is 4.74 Å². The van der Waals surface area contributed by atoms with Crippen LogP contribution in [0.15, 0.2) is 84.9 Å². The Bertz CT molecular complexity index is 923. The summed E-state index contributed by atoms with van der Waals surface area (Å²) in [5.41, 5.74) is 3.50. The average molecular weight is 517 g/mol. The maximum absolute atomic E-state index is 5.71. The molecule has 2 N–H and O–H groups in total. The lowest BCUT2D eigenvalue weighted by Crippen LogP contribution is -2.36. The fourth-order valence-corrected chi connectivity index (χ4v) is 2.88. The zero-order valence-corrected chi connectivity index (χ0v) is 19.5. The molecule has 3 rings (SSSR count). The van der Waals surface area contributed by atoms with E-state index in [0.717, 1.165) is 23.8 Å². The third-order valence-corrected chi connectivity index (χ3v) is 4.41. The van der Waals surface area contributed by atoms with Crippen molar-refractivity contribution in [3.8, 4) is 5.75 Å². The fourth-order valence-electron chi connectivity index (χ4n) is 2.88. The SMILES string of the molecule is C=CCOc1ccccc1CNC(=NC)NCc1ccc(Cn2ccnc2)cc1.I. The van der Waals surface area contributed by atoms with Gasteiger partial charge in [-0.25, -0.2) is 4.98 Å². The zero-order chi connectivity index (χ0) is 20.3. The Balaban J connectivity index is 0.00000320. The first kappa shape index (κ1) is 23.5. The van der Waals surface area contributed by atoms with Crippen LogP contribution in [-0.4, -0.2) is 29.2 Å². The lowest BCUT2D eigenvalue weighted by atomic mass is 10.1. The third-order valence-electron chi connectivity index (χ3n) is 4.41. The van der Waals surface area contributed by atoms with Gasteiger partial charge in [-0.05, 0) is 17.2 Å². The number of imidazole rings is 1. The van der Waals surface area contributed by atoms with Crippen LogP contribution in [0.3, 0.4) is 0 Å². The van der Waals surface area contributed by atoms with Crippen LogP contribution in [0.4, 0.5) is 0 Å². The summed E-state index contributed by atoms with van der Waals surface area (Å²) in [6, 6.07) is 16.5. The van der Waals surface area contributed by atoms with Crippen molar-refractivity contribution in [1.82, 2.24) is 20.2 Å². The predicted molar refractivity (Wildman–Crippen MR) is 132 cm³/mol. The summed E-state index contributed by atoms with van der Waals surface area (Å²) in [5.74, 6) is 1.59. The normalized spacial score (nSPS) is 10.8. The molecule has 0 aliphatic carbocycles. The lowest BCUT2D eigenvalue weighted by molar-refractivity contribution is 0.358. The second-order valence-corrected chi connectivity index (χ2v) is 6.54. The van der Waals surface area contributed by atoms with Gasteiger partial charge in [0.1, 0.15) is 12.4 Å². The van der Waals surface area contributed by atoms with Gasteiger partial charge in [0.25, 0.3) is 0 Å². The van der Waals surface area contributed by atoms with Crippen LogP contribution in [0.25, 0.3) is 0 Å². The molecule has 1 aromatic heterocycles. The third kappa shape index (κ3) is 7.22. The van der Waals surface area contributed by atoms with Gasteiger partial charge in [-0.15, -0.1) is 24.0 Å². The first-order valence-corrected chi connectivity index (χ1v) is 9.58. The zero-order valence-electron chi connectivity index (χ0n) is 17.1. The summed E-state index contributed by atoms with van der Waals surface area (Å²) in [7, 11) is 1.77. The molecule has 30 heavy (non-hydrogen) atoms. The van der Waals surface area contributed by atoms with Crippen LogP contribution in [-0.2, 0) is 19.6 Å². The maximum atomic E-state index is 5.71. The first-order chi connectivity index (χ1) is 14.3. The van der Waals surface area contributed by atoms with E-state index >= 15 is 0 Å². The second-order valence-electron chi connectivity index (χ2n) is 6.54. The molecule has 7 heteroatoms. The molecular formula is C23H28IN5O. The van der Waals surface area contributed by atoms with Crippen LogP contribution >= 0.6 is 24.0 Å². The Hall–Kier alpha value is -2.81. The van der Waals surface area contributed by atoms with Crippen molar-refractivity contribution in [2.75, 3.05) is 13.7 Å². The minimum atomic E-state index is 0. The number of hydrogen-bond acceptors (Lipinski definition) is 3. The van der Waals surface area contributed by atoms with Gasteiger partial charge in [0.05, 0.1) is 6.33 Å². The van der Waals surface area contributed by atoms with E-state index in [2.05, 4.69) is 56.0 Å². The summed E-state index contributed by atoms with van der Waals surface area (Å²) in [5, 5.41) is 6.69. The van der Waals surface area contributed by atoms with Crippen LogP contribution in [0, 0.1) is 0 Å². The minimum Gasteiger partial charge on any atom is -0.489 e. The van der Waals surface area contributed by atoms with Crippen LogP contribution < -0.4 is 15.4 Å². The molecule has 0 amide bonds. The quantitative estimate of drug-likeness (QED) is 0.195. The summed E-state index contributed by atoms with van der Waals surface area (Å²) < 4.78 is 7.76. The Morgan fingerprint density at radius 3 is 2.53 bits per heavy atom. The van der Waals surface area contributed by atoms with E-state index in [1.165, 1.54) is 11.1 Å². The maximum Gasteiger partial charge on any atom is 0.191 e. The standard InChI is InChI=1S/C23H27N5O.HI/c1-3-14-29-22-7-5-4-6-21(22)16-27-23(24-2)26-15-19-8-10-20(11-9-19)17-28-13-12-25-18-28;/h3-13,18H,1,14-17H2,2H3,(H2,24,26,27);1H. The highest BCUT2D eigenvalue weighted by atomic mass is 127. The number of hydrogen-bond donors (Lipinski definition) is 2. The van der Waals surface area contributed by atoms with Gasteiger partial charge < -0.3 is 19.9 Å². The average Bonchev–Trinajstić information content (AvgIpc) is 3.27. The van der Waals surface area contributed by atoms with Crippen molar-refractivity contribution >= 4 is 29.9 Å². The van der Waals surface area contributed by atoms with Crippen LogP contribution in [0.5, 0.6) is 5.75 Å². The molecule has 1 heterocycles. The minimum absolute atomic E-state index is 0. The largest absolute Gasteiger partial charge is 0.489 e. The number of guanidine groups is 1. The summed E-state index contributed by atoms with van der Waals surface area (Å²) in [6.07, 6.45) is 7.32. The molecule has 0 aliphatic heterocycles. The van der Waals surface area contributed by atoms with Crippen molar-refractivity contribution in [2.24, 2.45) is 4.99 Å². The summed E-state index contributed by atoms with van der Waals surface area (Å²) in [4.78, 5) is 8.38. The monoisotopic (exact) mass is 517 g/mol. The van der Waals surface area contributed by atoms with Crippen LogP contribution in [0.2, 0.25) is 0 Å². The fraction of sp³-hybridized carbons (Fsp3) is 0.217. The molecule has 2 aromatic carbocycles. The highest BCUT2D eigenvalue weighted by Gasteiger charge is 2.04. The Labute approximate surface area is 195 Å². The van der Waals surface area contributed by atoms with Gasteiger partial charge in [-0.1, -0.05) is 55.1 Å². The second kappa shape index (κ2) is 12.7. The van der Waals surface area contributed by atoms with Crippen molar-refractivity contribution in [1.29, 1.82) is 0 Å². The van der Waals surface area contributed by atoms with Crippen molar-refractivity contribution in [2.45, 2.75) is 19.6 Å². The molecular weight excluding hydrogens is 489 g/mol. The number of rotatable bonds is 9. The molecule has 0 unspecified atom stereocenters. The molecule has 0 spiro atoms. The Morgan fingerprint density at radius 2 is 1.83 bits per heavy atom. The van der Waals surface area contributed by atoms with Crippen molar-refractivity contribution in [3.05, 3.63) is 96.6 Å². The lowest BCUT2D eigenvalue weighted by Gasteiger charge is -2.14. The van der Waals surface area contributed by atoms with E-state index in [0.29, 0.717) is 19.7 Å². The number of para-hydroxylation sites is 1. The molecule has 6 nitrogen and oxygen atoms in total. The highest BCUT2D eigenvalue weighted by molar-refractivity contribution is 14.0. The number of benzene rings is 2. The number of halogens is 1. The van der Waals surface area contributed by atoms with Gasteiger partial charge >= 0.3 is 0 Å². The van der Waals surface area contributed by atoms with E-state index in [1.54, 1.807) is 19.3 Å². The Kier molecular flexibility index (Phi) is 9.93. The molecule has 3 aromatic rings. The number of ether oxygens (including phenoxy) is 1. The van der Waals surface area contributed by atoms with E-state index in [1.807, 2.05) is 36.8 Å². The molecule has 0 saturated heterocycles. The van der Waals surface area contributed by atoms with E-state index in [9.17, 15) is 0 Å². The first-order valence-electron chi connectivity index (χ1n) is 9.58. The number of aliphatic imine (C=N–C) groups is 1. The van der Waals surface area contributed by atoms with E-state index in [-0.39, 0.29) is 24.0 Å². The van der Waals surface area contributed by atoms with Gasteiger partial charge in [-0.2, -0.15) is 0 Å². The Morgan fingerprint density at radius 1 is 1.10 bits per heavy atom. The van der Waals surface area contributed by atoms with Gasteiger partial charge in [-0.3, -0.25) is 4.99 Å². The molecule has 0 radical (unpaired) electrons.